The van der Waals surface area contributed by atoms with Crippen LogP contribution in [0.15, 0.2) is 48.6 Å². The normalized spacial score (nSPS) is 23.8. The number of hydrogen-bond donors (Lipinski definition) is 2. The molecule has 1 aliphatic rings. The third-order valence-corrected chi connectivity index (χ3v) is 8.39. The predicted molar refractivity (Wildman–Crippen MR) is 136 cm³/mol. The number of fused-ring (bicyclic) bond motifs is 1. The predicted octanol–water partition coefficient (Wildman–Crippen LogP) is 5.92. The van der Waals surface area contributed by atoms with Crippen LogP contribution in [0.1, 0.15) is 50.8 Å². The highest BCUT2D eigenvalue weighted by Gasteiger charge is 2.52. The molecule has 4 atom stereocenters. The van der Waals surface area contributed by atoms with E-state index in [1.165, 1.54) is 0 Å². The number of unbranched alkanes of at least 4 members (excludes halogenated alkanes) is 2. The summed E-state index contributed by atoms with van der Waals surface area (Å²) in [6, 6.07) is 8.01. The first-order valence-corrected chi connectivity index (χ1v) is 12.8. The summed E-state index contributed by atoms with van der Waals surface area (Å²) in [5.74, 6) is -0.610. The Bertz CT molecular complexity index is 1020. The number of aryl methyl sites for hydroxylation is 1. The van der Waals surface area contributed by atoms with Crippen molar-refractivity contribution in [2.24, 2.45) is 17.3 Å². The van der Waals surface area contributed by atoms with E-state index >= 15 is 0 Å². The molecule has 1 unspecified atom stereocenters. The van der Waals surface area contributed by atoms with Gasteiger partial charge in [0, 0.05) is 33.2 Å². The van der Waals surface area contributed by atoms with Gasteiger partial charge in [0.05, 0.1) is 22.6 Å². The van der Waals surface area contributed by atoms with Gasteiger partial charge in [-0.15, -0.1) is 11.3 Å². The van der Waals surface area contributed by atoms with Gasteiger partial charge in [0.25, 0.3) is 0 Å². The maximum atomic E-state index is 12.9. The summed E-state index contributed by atoms with van der Waals surface area (Å²) < 4.78 is 1.14. The average Bonchev–Trinajstić information content (AvgIpc) is 3.20. The fraction of sp³-hybridized carbons (Fsp3) is 0.481. The first-order chi connectivity index (χ1) is 15.8. The number of benzene rings is 1. The fourth-order valence-electron chi connectivity index (χ4n) is 4.54. The van der Waals surface area contributed by atoms with Crippen LogP contribution in [-0.2, 0) is 16.0 Å². The lowest BCUT2D eigenvalue weighted by atomic mass is 9.86. The topological polar surface area (TPSA) is 74.6 Å². The monoisotopic (exact) mass is 488 g/mol. The lowest BCUT2D eigenvalue weighted by Crippen LogP contribution is -2.31. The van der Waals surface area contributed by atoms with Crippen LogP contribution in [0.5, 0.6) is 0 Å². The van der Waals surface area contributed by atoms with E-state index in [0.717, 1.165) is 39.1 Å². The number of hydrogen-bond acceptors (Lipinski definition) is 5. The lowest BCUT2D eigenvalue weighted by Gasteiger charge is -2.22. The molecule has 178 valence electrons. The molecule has 1 fully saturated rings. The quantitative estimate of drug-likeness (QED) is 0.234. The Morgan fingerprint density at radius 2 is 1.97 bits per heavy atom. The van der Waals surface area contributed by atoms with Gasteiger partial charge in [-0.2, -0.15) is 0 Å². The molecule has 6 heteroatoms. The molecule has 0 aliphatic heterocycles. The molecule has 2 aromatic rings. The molecule has 1 heterocycles. The molecule has 1 aromatic heterocycles. The first-order valence-electron chi connectivity index (χ1n) is 11.6. The van der Waals surface area contributed by atoms with Gasteiger partial charge in [0.1, 0.15) is 12.1 Å². The second kappa shape index (κ2) is 11.6. The smallest absolute Gasteiger partial charge is 0.145 e. The fourth-order valence-corrected chi connectivity index (χ4v) is 6.08. The molecule has 1 aliphatic carbocycles. The van der Waals surface area contributed by atoms with E-state index in [2.05, 4.69) is 0 Å². The zero-order valence-corrected chi connectivity index (χ0v) is 20.8. The van der Waals surface area contributed by atoms with Gasteiger partial charge in [0.2, 0.25) is 0 Å². The van der Waals surface area contributed by atoms with Crippen LogP contribution in [0.3, 0.4) is 0 Å². The molecular weight excluding hydrogens is 456 g/mol. The summed E-state index contributed by atoms with van der Waals surface area (Å²) in [5, 5.41) is 23.2. The van der Waals surface area contributed by atoms with Crippen LogP contribution < -0.4 is 0 Å². The number of Topliss-reactive ketones (excluding diaryl/α,β-unsaturated/α-hetero) is 1. The van der Waals surface area contributed by atoms with Crippen LogP contribution in [0, 0.1) is 17.3 Å². The van der Waals surface area contributed by atoms with Crippen molar-refractivity contribution < 1.29 is 19.8 Å². The maximum absolute atomic E-state index is 12.9. The summed E-state index contributed by atoms with van der Waals surface area (Å²) in [7, 11) is 0. The minimum Gasteiger partial charge on any atom is -0.391 e. The minimum absolute atomic E-state index is 0.0498. The van der Waals surface area contributed by atoms with Gasteiger partial charge in [-0.3, -0.25) is 4.79 Å². The highest BCUT2D eigenvalue weighted by atomic mass is 35.5. The van der Waals surface area contributed by atoms with Crippen molar-refractivity contribution in [1.82, 2.24) is 0 Å². The third-order valence-electron chi connectivity index (χ3n) is 6.61. The van der Waals surface area contributed by atoms with E-state index in [1.54, 1.807) is 31.3 Å². The zero-order valence-electron chi connectivity index (χ0n) is 19.2. The van der Waals surface area contributed by atoms with Gasteiger partial charge >= 0.3 is 0 Å². The Hall–Kier alpha value is -1.79. The summed E-state index contributed by atoms with van der Waals surface area (Å²) in [6.07, 6.45) is 10.8. The Labute approximate surface area is 205 Å². The Morgan fingerprint density at radius 3 is 2.70 bits per heavy atom. The average molecular weight is 489 g/mol. The Morgan fingerprint density at radius 1 is 1.21 bits per heavy atom. The van der Waals surface area contributed by atoms with Crippen molar-refractivity contribution in [3.63, 3.8) is 0 Å². The van der Waals surface area contributed by atoms with Gasteiger partial charge in [-0.1, -0.05) is 68.0 Å². The number of halogens is 1. The van der Waals surface area contributed by atoms with Crippen LogP contribution in [0.25, 0.3) is 10.1 Å². The highest BCUT2D eigenvalue weighted by Crippen LogP contribution is 2.45. The number of allylic oxidation sites excluding steroid dienone is 2. The number of carbonyl (C=O) groups is 2. The molecule has 4 nitrogen and oxygen atoms in total. The Kier molecular flexibility index (Phi) is 9.05. The maximum Gasteiger partial charge on any atom is 0.145 e. The molecule has 0 saturated heterocycles. The van der Waals surface area contributed by atoms with Crippen molar-refractivity contribution in [2.75, 3.05) is 0 Å². The summed E-state index contributed by atoms with van der Waals surface area (Å²) in [4.78, 5) is 24.4. The number of rotatable bonds is 11. The van der Waals surface area contributed by atoms with Gasteiger partial charge in [-0.25, -0.2) is 0 Å². The summed E-state index contributed by atoms with van der Waals surface area (Å²) >= 11 is 8.16. The van der Waals surface area contributed by atoms with Crippen molar-refractivity contribution in [2.45, 2.75) is 64.6 Å². The molecule has 0 amide bonds. The van der Waals surface area contributed by atoms with Crippen LogP contribution in [0.4, 0.5) is 0 Å². The molecule has 2 N–H and O–H groups in total. The Balaban J connectivity index is 1.62. The van der Waals surface area contributed by atoms with Gasteiger partial charge in [0.15, 0.2) is 0 Å². The molecule has 0 bridgehead atoms. The number of aliphatic hydroxyl groups excluding tert-OH is 2. The van der Waals surface area contributed by atoms with Crippen molar-refractivity contribution in [3.05, 3.63) is 58.5 Å². The number of carbonyl (C=O) groups excluding carboxylic acids is 2. The second-order valence-corrected chi connectivity index (χ2v) is 10.9. The van der Waals surface area contributed by atoms with Gasteiger partial charge in [-0.05, 0) is 38.2 Å². The van der Waals surface area contributed by atoms with E-state index in [-0.39, 0.29) is 17.6 Å². The van der Waals surface area contributed by atoms with Crippen molar-refractivity contribution in [3.8, 4) is 0 Å². The summed E-state index contributed by atoms with van der Waals surface area (Å²) in [5.41, 5.74) is -0.819. The van der Waals surface area contributed by atoms with E-state index in [4.69, 9.17) is 11.6 Å². The van der Waals surface area contributed by atoms with Gasteiger partial charge < -0.3 is 15.0 Å². The molecule has 1 aromatic carbocycles. The molecule has 0 spiro atoms. The van der Waals surface area contributed by atoms with E-state index in [9.17, 15) is 19.8 Å². The summed E-state index contributed by atoms with van der Waals surface area (Å²) in [6.45, 7) is 3.57. The first kappa shape index (κ1) is 25.8. The molecular formula is C27H33ClO4S. The zero-order chi connectivity index (χ0) is 24.0. The second-order valence-electron chi connectivity index (χ2n) is 9.35. The lowest BCUT2D eigenvalue weighted by molar-refractivity contribution is -0.129. The van der Waals surface area contributed by atoms with Crippen molar-refractivity contribution >= 4 is 45.1 Å². The van der Waals surface area contributed by atoms with Crippen molar-refractivity contribution in [1.29, 1.82) is 0 Å². The number of aldehydes is 1. The molecule has 1 saturated carbocycles. The van der Waals surface area contributed by atoms with E-state index in [1.807, 2.05) is 42.5 Å². The third kappa shape index (κ3) is 6.02. The number of thiophene rings is 1. The number of aliphatic hydroxyl groups is 2. The van der Waals surface area contributed by atoms with Crippen LogP contribution in [-0.4, -0.2) is 34.5 Å². The highest BCUT2D eigenvalue weighted by molar-refractivity contribution is 7.19. The standard InChI is InChI=1S/C27H33ClO4S/c1-27(2)25(31)19(10-6-4-3-5-9-17-29)20(26(27)32)15-13-18(30)14-16-23-24(28)21-11-7-8-12-22(21)33-23/h4,6-8,11-13,15,17-20,26,30,32H,3,5,9-10,14,16H2,1-2H3/b6-4-,15-13+/t18?,19-,20-,26+/m1/s1. The van der Waals surface area contributed by atoms with E-state index in [0.29, 0.717) is 25.7 Å². The SMILES string of the molecule is CC1(C)C(=O)[C@H](C/C=C\CCCC=O)[C@@H](/C=C/C(O)CCc2sc3ccccc3c2Cl)[C@@H]1O. The largest absolute Gasteiger partial charge is 0.391 e. The molecule has 33 heavy (non-hydrogen) atoms. The molecule has 0 radical (unpaired) electrons. The van der Waals surface area contributed by atoms with Crippen LogP contribution in [0.2, 0.25) is 5.02 Å². The van der Waals surface area contributed by atoms with E-state index < -0.39 is 17.6 Å². The van der Waals surface area contributed by atoms with Crippen LogP contribution >= 0.6 is 22.9 Å². The number of ketones is 1. The molecule has 3 rings (SSSR count). The minimum atomic E-state index is -0.819.